The van der Waals surface area contributed by atoms with Gasteiger partial charge in [-0.15, -0.1) is 0 Å². The summed E-state index contributed by atoms with van der Waals surface area (Å²) in [5.41, 5.74) is 2.34. The van der Waals surface area contributed by atoms with Crippen LogP contribution in [0.2, 0.25) is 5.02 Å². The average molecular weight is 343 g/mol. The van der Waals surface area contributed by atoms with Crippen molar-refractivity contribution in [2.24, 2.45) is 0 Å². The van der Waals surface area contributed by atoms with Crippen LogP contribution in [0.5, 0.6) is 0 Å². The van der Waals surface area contributed by atoms with Crippen LogP contribution in [0.15, 0.2) is 59.2 Å². The lowest BCUT2D eigenvalue weighted by atomic mass is 10.0. The van der Waals surface area contributed by atoms with Crippen molar-refractivity contribution >= 4 is 34.1 Å². The molecule has 0 saturated heterocycles. The second-order valence-corrected chi connectivity index (χ2v) is 5.54. The Hall–Kier alpha value is -2.72. The summed E-state index contributed by atoms with van der Waals surface area (Å²) in [5.74, 6) is 0.173. The number of rotatable bonds is 4. The fraction of sp³-hybridized carbons (Fsp3) is 0.105. The van der Waals surface area contributed by atoms with E-state index >= 15 is 0 Å². The number of furan rings is 1. The minimum atomic E-state index is -0.495. The normalized spacial score (nSPS) is 11.5. The topological polar surface area (TPSA) is 48.7 Å². The molecule has 122 valence electrons. The summed E-state index contributed by atoms with van der Waals surface area (Å²) in [7, 11) is 2.80. The minimum absolute atomic E-state index is 0.289. The number of fused-ring (bicyclic) bond motifs is 1. The third kappa shape index (κ3) is 3.01. The smallest absolute Gasteiger partial charge is 0.341 e. The number of para-hydroxylation sites is 1. The largest absolute Gasteiger partial charge is 0.503 e. The molecule has 0 atom stereocenters. The van der Waals surface area contributed by atoms with Crippen molar-refractivity contribution in [3.05, 3.63) is 65.4 Å². The SMILES string of the molecule is CO/C=C(/C(=O)OC)c1cccc2cc(-c3cccc(Cl)c3)oc12. The molecule has 1 aromatic heterocycles. The van der Waals surface area contributed by atoms with Crippen molar-refractivity contribution in [1.82, 2.24) is 0 Å². The van der Waals surface area contributed by atoms with E-state index in [-0.39, 0.29) is 5.57 Å². The van der Waals surface area contributed by atoms with Gasteiger partial charge in [-0.2, -0.15) is 0 Å². The molecule has 0 fully saturated rings. The summed E-state index contributed by atoms with van der Waals surface area (Å²) in [6, 6.07) is 14.9. The molecule has 0 aliphatic heterocycles. The van der Waals surface area contributed by atoms with Crippen LogP contribution in [-0.4, -0.2) is 20.2 Å². The molecule has 5 heteroatoms. The number of hydrogen-bond acceptors (Lipinski definition) is 4. The summed E-state index contributed by atoms with van der Waals surface area (Å²) in [6.07, 6.45) is 1.35. The number of carbonyl (C=O) groups is 1. The van der Waals surface area contributed by atoms with Gasteiger partial charge in [0, 0.05) is 21.5 Å². The summed E-state index contributed by atoms with van der Waals surface area (Å²) in [4.78, 5) is 12.0. The molecule has 3 rings (SSSR count). The van der Waals surface area contributed by atoms with E-state index in [0.29, 0.717) is 21.9 Å². The molecule has 4 nitrogen and oxygen atoms in total. The molecule has 0 aliphatic carbocycles. The Kier molecular flexibility index (Phi) is 4.58. The maximum atomic E-state index is 12.0. The lowest BCUT2D eigenvalue weighted by molar-refractivity contribution is -0.133. The molecule has 0 amide bonds. The molecule has 0 aliphatic rings. The van der Waals surface area contributed by atoms with Crippen molar-refractivity contribution in [2.45, 2.75) is 0 Å². The van der Waals surface area contributed by atoms with E-state index in [9.17, 15) is 4.79 Å². The Morgan fingerprint density at radius 1 is 1.12 bits per heavy atom. The summed E-state index contributed by atoms with van der Waals surface area (Å²) >= 11 is 6.05. The molecule has 0 spiro atoms. The second-order valence-electron chi connectivity index (χ2n) is 5.10. The molecule has 3 aromatic rings. The third-order valence-corrected chi connectivity index (χ3v) is 3.82. The van der Waals surface area contributed by atoms with Gasteiger partial charge in [0.15, 0.2) is 0 Å². The van der Waals surface area contributed by atoms with E-state index in [2.05, 4.69) is 0 Å². The van der Waals surface area contributed by atoms with Gasteiger partial charge in [-0.3, -0.25) is 0 Å². The van der Waals surface area contributed by atoms with Gasteiger partial charge in [0.2, 0.25) is 0 Å². The fourth-order valence-electron chi connectivity index (χ4n) is 2.51. The van der Waals surface area contributed by atoms with Crippen molar-refractivity contribution < 1.29 is 18.7 Å². The number of esters is 1. The van der Waals surface area contributed by atoms with E-state index < -0.39 is 5.97 Å². The number of methoxy groups -OCH3 is 2. The predicted octanol–water partition coefficient (Wildman–Crippen LogP) is 4.91. The standard InChI is InChI=1S/C19H15ClO4/c1-22-11-16(19(21)23-2)15-8-4-6-13-10-17(24-18(13)15)12-5-3-7-14(20)9-12/h3-11H,1-2H3/b16-11+. The van der Waals surface area contributed by atoms with E-state index in [1.165, 1.54) is 20.5 Å². The quantitative estimate of drug-likeness (QED) is 0.384. The first-order valence-corrected chi connectivity index (χ1v) is 7.62. The second kappa shape index (κ2) is 6.81. The molecular formula is C19H15ClO4. The highest BCUT2D eigenvalue weighted by Gasteiger charge is 2.19. The van der Waals surface area contributed by atoms with Gasteiger partial charge in [-0.05, 0) is 18.2 Å². The van der Waals surface area contributed by atoms with Crippen LogP contribution in [0.4, 0.5) is 0 Å². The molecule has 0 bridgehead atoms. The lowest BCUT2D eigenvalue weighted by Gasteiger charge is -2.06. The fourth-order valence-corrected chi connectivity index (χ4v) is 2.70. The van der Waals surface area contributed by atoms with Gasteiger partial charge in [0.1, 0.15) is 16.9 Å². The van der Waals surface area contributed by atoms with E-state index in [1.54, 1.807) is 12.1 Å². The van der Waals surface area contributed by atoms with E-state index in [4.69, 9.17) is 25.5 Å². The minimum Gasteiger partial charge on any atom is -0.503 e. The van der Waals surface area contributed by atoms with Crippen LogP contribution in [0.25, 0.3) is 27.9 Å². The number of carbonyl (C=O) groups excluding carboxylic acids is 1. The maximum absolute atomic E-state index is 12.0. The zero-order chi connectivity index (χ0) is 17.1. The predicted molar refractivity (Wildman–Crippen MR) is 93.7 cm³/mol. The van der Waals surface area contributed by atoms with Gasteiger partial charge in [0.25, 0.3) is 0 Å². The highest BCUT2D eigenvalue weighted by molar-refractivity contribution is 6.30. The highest BCUT2D eigenvalue weighted by atomic mass is 35.5. The molecule has 0 N–H and O–H groups in total. The number of ether oxygens (including phenoxy) is 2. The van der Waals surface area contributed by atoms with Crippen LogP contribution in [0.1, 0.15) is 5.56 Å². The van der Waals surface area contributed by atoms with Gasteiger partial charge < -0.3 is 13.9 Å². The molecule has 0 saturated carbocycles. The zero-order valence-corrected chi connectivity index (χ0v) is 14.0. The number of halogens is 1. The van der Waals surface area contributed by atoms with Crippen LogP contribution in [0, 0.1) is 0 Å². The van der Waals surface area contributed by atoms with Crippen molar-refractivity contribution in [2.75, 3.05) is 14.2 Å². The molecule has 2 aromatic carbocycles. The average Bonchev–Trinajstić information content (AvgIpc) is 3.03. The summed E-state index contributed by atoms with van der Waals surface area (Å²) in [5, 5.41) is 1.50. The first-order valence-electron chi connectivity index (χ1n) is 7.24. The van der Waals surface area contributed by atoms with E-state index in [1.807, 2.05) is 36.4 Å². The summed E-state index contributed by atoms with van der Waals surface area (Å²) in [6.45, 7) is 0. The maximum Gasteiger partial charge on any atom is 0.341 e. The van der Waals surface area contributed by atoms with Gasteiger partial charge >= 0.3 is 5.97 Å². The Balaban J connectivity index is 2.17. The van der Waals surface area contributed by atoms with Crippen LogP contribution < -0.4 is 0 Å². The lowest BCUT2D eigenvalue weighted by Crippen LogP contribution is -2.04. The Labute approximate surface area is 144 Å². The monoisotopic (exact) mass is 342 g/mol. The highest BCUT2D eigenvalue weighted by Crippen LogP contribution is 2.33. The van der Waals surface area contributed by atoms with Crippen LogP contribution in [-0.2, 0) is 14.3 Å². The van der Waals surface area contributed by atoms with Crippen molar-refractivity contribution in [3.8, 4) is 11.3 Å². The van der Waals surface area contributed by atoms with Gasteiger partial charge in [-0.1, -0.05) is 41.9 Å². The van der Waals surface area contributed by atoms with E-state index in [0.717, 1.165) is 10.9 Å². The van der Waals surface area contributed by atoms with Gasteiger partial charge in [0.05, 0.1) is 20.5 Å². The Bertz CT molecular complexity index is 924. The molecule has 0 unspecified atom stereocenters. The molecule has 1 heterocycles. The van der Waals surface area contributed by atoms with Crippen molar-refractivity contribution in [3.63, 3.8) is 0 Å². The van der Waals surface area contributed by atoms with Gasteiger partial charge in [-0.25, -0.2) is 4.79 Å². The Morgan fingerprint density at radius 2 is 1.92 bits per heavy atom. The number of hydrogen-bond donors (Lipinski definition) is 0. The molecule has 24 heavy (non-hydrogen) atoms. The van der Waals surface area contributed by atoms with Crippen molar-refractivity contribution in [1.29, 1.82) is 0 Å². The first-order chi connectivity index (χ1) is 11.6. The molecule has 0 radical (unpaired) electrons. The zero-order valence-electron chi connectivity index (χ0n) is 13.2. The number of benzene rings is 2. The third-order valence-electron chi connectivity index (χ3n) is 3.58. The Morgan fingerprint density at radius 3 is 2.62 bits per heavy atom. The summed E-state index contributed by atoms with van der Waals surface area (Å²) < 4.78 is 15.8. The molecular weight excluding hydrogens is 328 g/mol. The first kappa shape index (κ1) is 16.1. The van der Waals surface area contributed by atoms with Crippen LogP contribution >= 0.6 is 11.6 Å². The van der Waals surface area contributed by atoms with Crippen LogP contribution in [0.3, 0.4) is 0 Å².